The van der Waals surface area contributed by atoms with Gasteiger partial charge in [0.05, 0.1) is 23.0 Å². The number of halogens is 2. The quantitative estimate of drug-likeness (QED) is 0.381. The SMILES string of the molecule is Cc1nn(C2CCCC2)c2cc(C3=NOC(C)(c4nc(-c5ccc(F)c(F)c5)no4)C3)ccc12. The van der Waals surface area contributed by atoms with Crippen molar-refractivity contribution in [2.45, 2.75) is 57.6 Å². The molecule has 1 aliphatic heterocycles. The van der Waals surface area contributed by atoms with E-state index >= 15 is 0 Å². The van der Waals surface area contributed by atoms with Gasteiger partial charge in [-0.3, -0.25) is 4.68 Å². The summed E-state index contributed by atoms with van der Waals surface area (Å²) in [4.78, 5) is 10.1. The molecule has 0 saturated heterocycles. The minimum absolute atomic E-state index is 0.157. The lowest BCUT2D eigenvalue weighted by Crippen LogP contribution is -2.22. The standard InChI is InChI=1S/C25H23F2N5O2/c1-14-18-9-7-15(12-22(18)32(29-14)17-5-3-4-6-17)21-13-25(2,34-30-21)24-28-23(31-33-24)16-8-10-19(26)20(27)11-16/h7-12,17H,3-6,13H2,1-2H3. The zero-order chi connectivity index (χ0) is 23.4. The lowest BCUT2D eigenvalue weighted by atomic mass is 9.95. The van der Waals surface area contributed by atoms with Gasteiger partial charge >= 0.3 is 0 Å². The Balaban J connectivity index is 1.28. The van der Waals surface area contributed by atoms with E-state index < -0.39 is 17.2 Å². The highest BCUT2D eigenvalue weighted by Crippen LogP contribution is 2.38. The molecule has 2 aromatic heterocycles. The van der Waals surface area contributed by atoms with E-state index in [0.29, 0.717) is 18.0 Å². The molecule has 34 heavy (non-hydrogen) atoms. The molecule has 4 aromatic rings. The number of oxime groups is 1. The highest BCUT2D eigenvalue weighted by atomic mass is 19.2. The Labute approximate surface area is 194 Å². The van der Waals surface area contributed by atoms with E-state index in [1.54, 1.807) is 0 Å². The highest BCUT2D eigenvalue weighted by molar-refractivity contribution is 6.04. The summed E-state index contributed by atoms with van der Waals surface area (Å²) in [5.41, 5.74) is 3.22. The molecule has 2 aliphatic rings. The van der Waals surface area contributed by atoms with Crippen molar-refractivity contribution in [3.05, 3.63) is 65.2 Å². The van der Waals surface area contributed by atoms with Crippen LogP contribution in [0.5, 0.6) is 0 Å². The molecule has 174 valence electrons. The summed E-state index contributed by atoms with van der Waals surface area (Å²) in [6.45, 7) is 3.86. The van der Waals surface area contributed by atoms with Gasteiger partial charge in [0.2, 0.25) is 11.4 Å². The first-order chi connectivity index (χ1) is 16.4. The van der Waals surface area contributed by atoms with Crippen molar-refractivity contribution in [1.29, 1.82) is 0 Å². The van der Waals surface area contributed by atoms with Crippen molar-refractivity contribution in [2.75, 3.05) is 0 Å². The van der Waals surface area contributed by atoms with Gasteiger partial charge in [0.25, 0.3) is 5.89 Å². The first-order valence-electron chi connectivity index (χ1n) is 11.5. The van der Waals surface area contributed by atoms with E-state index in [1.165, 1.54) is 18.9 Å². The van der Waals surface area contributed by atoms with Crippen molar-refractivity contribution in [3.63, 3.8) is 0 Å². The molecule has 1 aliphatic carbocycles. The second-order valence-electron chi connectivity index (χ2n) is 9.29. The molecular formula is C25H23F2N5O2. The van der Waals surface area contributed by atoms with Gasteiger partial charge in [-0.05, 0) is 51.0 Å². The zero-order valence-corrected chi connectivity index (χ0v) is 18.9. The van der Waals surface area contributed by atoms with Crippen LogP contribution in [0.15, 0.2) is 46.1 Å². The minimum Gasteiger partial charge on any atom is -0.379 e. The lowest BCUT2D eigenvalue weighted by molar-refractivity contribution is -0.0313. The van der Waals surface area contributed by atoms with Crippen LogP contribution in [0.1, 0.15) is 62.2 Å². The van der Waals surface area contributed by atoms with Gasteiger partial charge in [-0.1, -0.05) is 35.3 Å². The van der Waals surface area contributed by atoms with Crippen molar-refractivity contribution in [2.24, 2.45) is 5.16 Å². The largest absolute Gasteiger partial charge is 0.379 e. The summed E-state index contributed by atoms with van der Waals surface area (Å²) in [7, 11) is 0. The van der Waals surface area contributed by atoms with E-state index in [0.717, 1.165) is 52.8 Å². The topological polar surface area (TPSA) is 78.3 Å². The second-order valence-corrected chi connectivity index (χ2v) is 9.29. The number of fused-ring (bicyclic) bond motifs is 1. The van der Waals surface area contributed by atoms with Crippen LogP contribution >= 0.6 is 0 Å². The van der Waals surface area contributed by atoms with Gasteiger partial charge in [0.1, 0.15) is 0 Å². The third-order valence-electron chi connectivity index (χ3n) is 6.81. The Morgan fingerprint density at radius 1 is 1.03 bits per heavy atom. The van der Waals surface area contributed by atoms with Gasteiger partial charge in [-0.25, -0.2) is 8.78 Å². The zero-order valence-electron chi connectivity index (χ0n) is 18.9. The average Bonchev–Trinajstić information content (AvgIpc) is 3.62. The normalized spacial score (nSPS) is 20.8. The van der Waals surface area contributed by atoms with Gasteiger partial charge in [0.15, 0.2) is 11.6 Å². The summed E-state index contributed by atoms with van der Waals surface area (Å²) in [5.74, 6) is -1.53. The minimum atomic E-state index is -0.972. The van der Waals surface area contributed by atoms with Gasteiger partial charge in [0, 0.05) is 22.9 Å². The van der Waals surface area contributed by atoms with Gasteiger partial charge < -0.3 is 9.36 Å². The number of benzene rings is 2. The molecule has 7 nitrogen and oxygen atoms in total. The Hall–Kier alpha value is -3.62. The monoisotopic (exact) mass is 463 g/mol. The molecule has 1 saturated carbocycles. The number of hydrogen-bond acceptors (Lipinski definition) is 6. The number of aryl methyl sites for hydroxylation is 1. The van der Waals surface area contributed by atoms with Crippen LogP contribution in [0.25, 0.3) is 22.3 Å². The van der Waals surface area contributed by atoms with Crippen molar-refractivity contribution < 1.29 is 18.1 Å². The summed E-state index contributed by atoms with van der Waals surface area (Å²) in [6, 6.07) is 10.2. The fourth-order valence-electron chi connectivity index (χ4n) is 4.90. The van der Waals surface area contributed by atoms with Crippen molar-refractivity contribution in [1.82, 2.24) is 19.9 Å². The summed E-state index contributed by atoms with van der Waals surface area (Å²) in [6.07, 6.45) is 5.20. The van der Waals surface area contributed by atoms with Gasteiger partial charge in [-0.15, -0.1) is 0 Å². The van der Waals surface area contributed by atoms with Crippen molar-refractivity contribution in [3.8, 4) is 11.4 Å². The van der Waals surface area contributed by atoms with Crippen LogP contribution in [0.4, 0.5) is 8.78 Å². The fourth-order valence-corrected chi connectivity index (χ4v) is 4.90. The van der Waals surface area contributed by atoms with Crippen LogP contribution in [0.2, 0.25) is 0 Å². The molecule has 0 spiro atoms. The van der Waals surface area contributed by atoms with Crippen LogP contribution in [0, 0.1) is 18.6 Å². The maximum atomic E-state index is 13.6. The Kier molecular flexibility index (Phi) is 4.75. The molecule has 2 aromatic carbocycles. The molecule has 6 rings (SSSR count). The molecule has 9 heteroatoms. The first kappa shape index (κ1) is 20.9. The summed E-state index contributed by atoms with van der Waals surface area (Å²) >= 11 is 0. The maximum Gasteiger partial charge on any atom is 0.274 e. The van der Waals surface area contributed by atoms with E-state index in [1.807, 2.05) is 19.9 Å². The Morgan fingerprint density at radius 3 is 2.62 bits per heavy atom. The number of rotatable bonds is 4. The van der Waals surface area contributed by atoms with Crippen LogP contribution < -0.4 is 0 Å². The van der Waals surface area contributed by atoms with Crippen LogP contribution in [0.3, 0.4) is 0 Å². The predicted octanol–water partition coefficient (Wildman–Crippen LogP) is 5.83. The molecule has 0 radical (unpaired) electrons. The summed E-state index contributed by atoms with van der Waals surface area (Å²) < 4.78 is 34.5. The van der Waals surface area contributed by atoms with Crippen molar-refractivity contribution >= 4 is 16.6 Å². The fraction of sp³-hybridized carbons (Fsp3) is 0.360. The molecular weight excluding hydrogens is 440 g/mol. The van der Waals surface area contributed by atoms with E-state index in [-0.39, 0.29) is 11.7 Å². The first-order valence-corrected chi connectivity index (χ1v) is 11.5. The molecule has 0 bridgehead atoms. The third kappa shape index (κ3) is 3.38. The third-order valence-corrected chi connectivity index (χ3v) is 6.81. The Bertz CT molecular complexity index is 1440. The van der Waals surface area contributed by atoms with Crippen LogP contribution in [-0.2, 0) is 10.4 Å². The number of aromatic nitrogens is 4. The van der Waals surface area contributed by atoms with E-state index in [2.05, 4.69) is 32.1 Å². The smallest absolute Gasteiger partial charge is 0.274 e. The lowest BCUT2D eigenvalue weighted by Gasteiger charge is -2.15. The molecule has 1 unspecified atom stereocenters. The average molecular weight is 463 g/mol. The number of hydrogen-bond donors (Lipinski definition) is 0. The maximum absolute atomic E-state index is 13.6. The van der Waals surface area contributed by atoms with Crippen LogP contribution in [-0.4, -0.2) is 25.6 Å². The summed E-state index contributed by atoms with van der Waals surface area (Å²) in [5, 5.41) is 14.2. The Morgan fingerprint density at radius 2 is 1.82 bits per heavy atom. The molecule has 3 heterocycles. The van der Waals surface area contributed by atoms with Gasteiger partial charge in [-0.2, -0.15) is 10.1 Å². The number of nitrogens with zero attached hydrogens (tertiary/aromatic N) is 5. The van der Waals surface area contributed by atoms with E-state index in [9.17, 15) is 8.78 Å². The second kappa shape index (κ2) is 7.72. The predicted molar refractivity (Wildman–Crippen MR) is 121 cm³/mol. The molecule has 0 N–H and O–H groups in total. The van der Waals surface area contributed by atoms with E-state index in [4.69, 9.17) is 14.5 Å². The highest BCUT2D eigenvalue weighted by Gasteiger charge is 2.42. The molecule has 1 atom stereocenters. The molecule has 1 fully saturated rings. The molecule has 0 amide bonds.